The number of anilines is 1. The highest BCUT2D eigenvalue weighted by Gasteiger charge is 2.41. The zero-order valence-corrected chi connectivity index (χ0v) is 16.2. The van der Waals surface area contributed by atoms with Crippen molar-refractivity contribution < 1.29 is 23.1 Å². The molecular weight excluding hydrogens is 399 g/mol. The van der Waals surface area contributed by atoms with Crippen LogP contribution in [-0.2, 0) is 0 Å². The van der Waals surface area contributed by atoms with Crippen molar-refractivity contribution in [2.75, 3.05) is 24.5 Å². The number of benzene rings is 1. The quantitative estimate of drug-likeness (QED) is 0.750. The zero-order valence-electron chi connectivity index (χ0n) is 16.2. The van der Waals surface area contributed by atoms with Gasteiger partial charge in [-0.05, 0) is 25.0 Å². The van der Waals surface area contributed by atoms with Gasteiger partial charge in [0.25, 0.3) is 0 Å². The maximum Gasteiger partial charge on any atom is 0.341 e. The number of pyridine rings is 1. The number of fused-ring (bicyclic) bond motifs is 1. The largest absolute Gasteiger partial charge is 0.477 e. The molecular formula is C21H22F3N3O3. The molecule has 1 saturated heterocycles. The molecule has 1 aromatic heterocycles. The lowest BCUT2D eigenvalue weighted by molar-refractivity contribution is 0.0694. The summed E-state index contributed by atoms with van der Waals surface area (Å²) in [5, 5.41) is 12.5. The lowest BCUT2D eigenvalue weighted by atomic mass is 10.1. The predicted molar refractivity (Wildman–Crippen MR) is 105 cm³/mol. The van der Waals surface area contributed by atoms with Crippen LogP contribution in [-0.4, -0.2) is 53.7 Å². The molecule has 2 aliphatic carbocycles. The standard InChI is InChI=1S/C21H22F3N3O3/c22-14-3-12-17(27(19-4-15(19)23)8-13(20(12)28)21(29)30)5-18(14)26-7-10(16(24)9-26)6-25-11-1-2-11/h3,5,8,10-11,15-16,19,25H,1-2,4,6-7,9H2,(H,29,30)/t10-,15+,16-,19-/m1/s1. The van der Waals surface area contributed by atoms with Crippen LogP contribution in [0.3, 0.4) is 0 Å². The summed E-state index contributed by atoms with van der Waals surface area (Å²) >= 11 is 0. The molecule has 2 N–H and O–H groups in total. The van der Waals surface area contributed by atoms with E-state index in [-0.39, 0.29) is 35.5 Å². The molecule has 3 aliphatic rings. The highest BCUT2D eigenvalue weighted by molar-refractivity contribution is 5.93. The molecule has 1 aromatic carbocycles. The number of carboxylic acids is 1. The smallest absolute Gasteiger partial charge is 0.341 e. The van der Waals surface area contributed by atoms with E-state index in [4.69, 9.17) is 0 Å². The number of carboxylic acid groups (broad SMARTS) is 1. The number of halogens is 3. The van der Waals surface area contributed by atoms with Gasteiger partial charge in [-0.25, -0.2) is 18.0 Å². The van der Waals surface area contributed by atoms with Crippen molar-refractivity contribution in [1.29, 1.82) is 0 Å². The summed E-state index contributed by atoms with van der Waals surface area (Å²) in [7, 11) is 0. The van der Waals surface area contributed by atoms with E-state index in [2.05, 4.69) is 5.32 Å². The molecule has 2 aromatic rings. The van der Waals surface area contributed by atoms with Gasteiger partial charge in [0.1, 0.15) is 23.7 Å². The second-order valence-corrected chi connectivity index (χ2v) is 8.59. The van der Waals surface area contributed by atoms with Crippen LogP contribution in [0.4, 0.5) is 18.9 Å². The van der Waals surface area contributed by atoms with Gasteiger partial charge in [0.15, 0.2) is 0 Å². The summed E-state index contributed by atoms with van der Waals surface area (Å²) < 4.78 is 44.7. The Morgan fingerprint density at radius 3 is 2.57 bits per heavy atom. The predicted octanol–water partition coefficient (Wildman–Crippen LogP) is 2.65. The van der Waals surface area contributed by atoms with Crippen LogP contribution in [0, 0.1) is 11.7 Å². The molecule has 5 rings (SSSR count). The minimum absolute atomic E-state index is 0.0338. The van der Waals surface area contributed by atoms with Crippen LogP contribution in [0.5, 0.6) is 0 Å². The molecule has 0 radical (unpaired) electrons. The topological polar surface area (TPSA) is 74.6 Å². The Kier molecular flexibility index (Phi) is 4.53. The minimum Gasteiger partial charge on any atom is -0.477 e. The van der Waals surface area contributed by atoms with E-state index in [9.17, 15) is 27.9 Å². The number of rotatable bonds is 6. The molecule has 9 heteroatoms. The number of hydrogen-bond acceptors (Lipinski definition) is 4. The Morgan fingerprint density at radius 2 is 1.93 bits per heavy atom. The Hall–Kier alpha value is -2.55. The summed E-state index contributed by atoms with van der Waals surface area (Å²) in [4.78, 5) is 25.6. The molecule has 30 heavy (non-hydrogen) atoms. The van der Waals surface area contributed by atoms with E-state index in [1.807, 2.05) is 0 Å². The summed E-state index contributed by atoms with van der Waals surface area (Å²) in [6.07, 6.45) is 1.27. The van der Waals surface area contributed by atoms with Crippen molar-refractivity contribution >= 4 is 22.6 Å². The van der Waals surface area contributed by atoms with Crippen LogP contribution in [0.15, 0.2) is 23.1 Å². The van der Waals surface area contributed by atoms with E-state index in [0.29, 0.717) is 19.1 Å². The summed E-state index contributed by atoms with van der Waals surface area (Å²) in [5.74, 6) is -2.43. The molecule has 4 atom stereocenters. The number of aromatic carboxylic acids is 1. The van der Waals surface area contributed by atoms with Gasteiger partial charge in [0.2, 0.25) is 5.43 Å². The van der Waals surface area contributed by atoms with Crippen LogP contribution in [0.2, 0.25) is 0 Å². The molecule has 1 aliphatic heterocycles. The normalized spacial score (nSPS) is 28.3. The first-order valence-electron chi connectivity index (χ1n) is 10.2. The Bertz CT molecular complexity index is 1080. The third kappa shape index (κ3) is 3.34. The Labute approximate surface area is 170 Å². The fourth-order valence-corrected chi connectivity index (χ4v) is 4.29. The molecule has 2 heterocycles. The fraction of sp³-hybridized carbons (Fsp3) is 0.524. The van der Waals surface area contributed by atoms with Gasteiger partial charge < -0.3 is 19.9 Å². The lowest BCUT2D eigenvalue weighted by Crippen LogP contribution is -2.30. The number of aromatic nitrogens is 1. The van der Waals surface area contributed by atoms with E-state index in [0.717, 1.165) is 25.1 Å². The van der Waals surface area contributed by atoms with Gasteiger partial charge in [0, 0.05) is 49.6 Å². The van der Waals surface area contributed by atoms with E-state index in [1.54, 1.807) is 4.90 Å². The molecule has 160 valence electrons. The van der Waals surface area contributed by atoms with Crippen molar-refractivity contribution in [2.45, 2.75) is 43.7 Å². The Morgan fingerprint density at radius 1 is 1.20 bits per heavy atom. The molecule has 3 fully saturated rings. The summed E-state index contributed by atoms with van der Waals surface area (Å²) in [5.41, 5.74) is -0.926. The zero-order chi connectivity index (χ0) is 21.2. The summed E-state index contributed by atoms with van der Waals surface area (Å²) in [6.45, 7) is 0.887. The first-order chi connectivity index (χ1) is 14.3. The molecule has 0 spiro atoms. The van der Waals surface area contributed by atoms with Crippen LogP contribution < -0.4 is 15.6 Å². The van der Waals surface area contributed by atoms with Crippen molar-refractivity contribution in [3.8, 4) is 0 Å². The van der Waals surface area contributed by atoms with Crippen LogP contribution in [0.25, 0.3) is 10.9 Å². The van der Waals surface area contributed by atoms with E-state index < -0.39 is 41.2 Å². The third-order valence-corrected chi connectivity index (χ3v) is 6.32. The van der Waals surface area contributed by atoms with Gasteiger partial charge in [-0.2, -0.15) is 0 Å². The number of hydrogen-bond donors (Lipinski definition) is 2. The van der Waals surface area contributed by atoms with Gasteiger partial charge in [-0.1, -0.05) is 0 Å². The molecule has 0 unspecified atom stereocenters. The molecule has 0 bridgehead atoms. The maximum absolute atomic E-state index is 14.9. The average molecular weight is 421 g/mol. The molecule has 6 nitrogen and oxygen atoms in total. The van der Waals surface area contributed by atoms with Gasteiger partial charge in [-0.3, -0.25) is 4.79 Å². The van der Waals surface area contributed by atoms with Gasteiger partial charge in [-0.15, -0.1) is 0 Å². The average Bonchev–Trinajstić information content (AvgIpc) is 3.61. The lowest BCUT2D eigenvalue weighted by Gasteiger charge is -2.21. The van der Waals surface area contributed by atoms with E-state index in [1.165, 1.54) is 10.6 Å². The highest BCUT2D eigenvalue weighted by atomic mass is 19.1. The van der Waals surface area contributed by atoms with Crippen molar-refractivity contribution in [3.05, 3.63) is 39.9 Å². The number of carbonyl (C=O) groups is 1. The SMILES string of the molecule is O=C(O)c1cn([C@@H]2C[C@@H]2F)c2cc(N3C[C@@H](CNC4CC4)[C@H](F)C3)c(F)cc2c1=O. The molecule has 2 saturated carbocycles. The first kappa shape index (κ1) is 19.4. The molecule has 0 amide bonds. The fourth-order valence-electron chi connectivity index (χ4n) is 4.29. The van der Waals surface area contributed by atoms with E-state index >= 15 is 0 Å². The van der Waals surface area contributed by atoms with Crippen LogP contribution >= 0.6 is 0 Å². The maximum atomic E-state index is 14.9. The minimum atomic E-state index is -1.44. The number of nitrogens with one attached hydrogen (secondary N) is 1. The van der Waals surface area contributed by atoms with Crippen LogP contribution in [0.1, 0.15) is 35.7 Å². The van der Waals surface area contributed by atoms with Crippen molar-refractivity contribution in [3.63, 3.8) is 0 Å². The highest BCUT2D eigenvalue weighted by Crippen LogP contribution is 2.41. The summed E-state index contributed by atoms with van der Waals surface area (Å²) in [6, 6.07) is 2.28. The first-order valence-corrected chi connectivity index (χ1v) is 10.2. The number of nitrogens with zero attached hydrogens (tertiary/aromatic N) is 2. The Balaban J connectivity index is 1.53. The third-order valence-electron chi connectivity index (χ3n) is 6.32. The second-order valence-electron chi connectivity index (χ2n) is 8.59. The van der Waals surface area contributed by atoms with Crippen molar-refractivity contribution in [1.82, 2.24) is 9.88 Å². The number of alkyl halides is 2. The van der Waals surface area contributed by atoms with Crippen molar-refractivity contribution in [2.24, 2.45) is 5.92 Å². The van der Waals surface area contributed by atoms with Gasteiger partial charge >= 0.3 is 5.97 Å². The van der Waals surface area contributed by atoms with Gasteiger partial charge in [0.05, 0.1) is 17.2 Å². The monoisotopic (exact) mass is 421 g/mol. The second kappa shape index (κ2) is 7.01.